The van der Waals surface area contributed by atoms with Gasteiger partial charge in [-0.2, -0.15) is 0 Å². The maximum Gasteiger partial charge on any atom is 0.315 e. The number of benzene rings is 1. The quantitative estimate of drug-likeness (QED) is 0.864. The molecule has 1 aromatic heterocycles. The van der Waals surface area contributed by atoms with E-state index in [4.69, 9.17) is 16.0 Å². The SMILES string of the molecule is Cc1ccc(C(C)Nc2nnc(CCl)o2)cc1F. The maximum absolute atomic E-state index is 13.4. The number of hydrogen-bond acceptors (Lipinski definition) is 4. The fourth-order valence-electron chi connectivity index (χ4n) is 1.51. The predicted octanol–water partition coefficient (Wildman–Crippen LogP) is 3.43. The number of aryl methyl sites for hydroxylation is 1. The van der Waals surface area contributed by atoms with Gasteiger partial charge in [-0.25, -0.2) is 4.39 Å². The van der Waals surface area contributed by atoms with E-state index in [0.717, 1.165) is 5.56 Å². The first-order valence-electron chi connectivity index (χ1n) is 5.51. The maximum atomic E-state index is 13.4. The Morgan fingerprint density at radius 3 is 2.83 bits per heavy atom. The zero-order valence-corrected chi connectivity index (χ0v) is 10.8. The van der Waals surface area contributed by atoms with Gasteiger partial charge in [0.15, 0.2) is 0 Å². The molecular weight excluding hydrogens is 257 g/mol. The second-order valence-corrected chi connectivity index (χ2v) is 4.28. The summed E-state index contributed by atoms with van der Waals surface area (Å²) in [6.07, 6.45) is 0. The molecule has 2 aromatic rings. The van der Waals surface area contributed by atoms with Gasteiger partial charge in [-0.1, -0.05) is 17.2 Å². The molecule has 0 amide bonds. The minimum Gasteiger partial charge on any atom is -0.407 e. The lowest BCUT2D eigenvalue weighted by Gasteiger charge is -2.12. The highest BCUT2D eigenvalue weighted by atomic mass is 35.5. The first-order valence-corrected chi connectivity index (χ1v) is 6.04. The average Bonchev–Trinajstić information content (AvgIpc) is 2.80. The normalized spacial score (nSPS) is 12.4. The molecule has 0 saturated carbocycles. The van der Waals surface area contributed by atoms with E-state index >= 15 is 0 Å². The van der Waals surface area contributed by atoms with Crippen LogP contribution in [-0.2, 0) is 5.88 Å². The lowest BCUT2D eigenvalue weighted by Crippen LogP contribution is -2.07. The van der Waals surface area contributed by atoms with Gasteiger partial charge in [0.1, 0.15) is 11.7 Å². The van der Waals surface area contributed by atoms with Crippen molar-refractivity contribution in [2.24, 2.45) is 0 Å². The summed E-state index contributed by atoms with van der Waals surface area (Å²) >= 11 is 5.56. The number of anilines is 1. The van der Waals surface area contributed by atoms with Crippen molar-refractivity contribution < 1.29 is 8.81 Å². The Hall–Kier alpha value is -1.62. The molecule has 4 nitrogen and oxygen atoms in total. The second kappa shape index (κ2) is 5.35. The van der Waals surface area contributed by atoms with E-state index in [-0.39, 0.29) is 23.8 Å². The molecule has 0 bridgehead atoms. The van der Waals surface area contributed by atoms with Crippen LogP contribution < -0.4 is 5.32 Å². The highest BCUT2D eigenvalue weighted by Crippen LogP contribution is 2.20. The van der Waals surface area contributed by atoms with Crippen molar-refractivity contribution in [3.8, 4) is 0 Å². The molecule has 0 saturated heterocycles. The molecule has 96 valence electrons. The summed E-state index contributed by atoms with van der Waals surface area (Å²) in [5, 5.41) is 10.5. The van der Waals surface area contributed by atoms with Gasteiger partial charge in [0.25, 0.3) is 0 Å². The van der Waals surface area contributed by atoms with Crippen molar-refractivity contribution >= 4 is 17.6 Å². The van der Waals surface area contributed by atoms with Crippen LogP contribution in [0.3, 0.4) is 0 Å². The van der Waals surface area contributed by atoms with Crippen LogP contribution >= 0.6 is 11.6 Å². The Morgan fingerprint density at radius 2 is 2.22 bits per heavy atom. The van der Waals surface area contributed by atoms with E-state index < -0.39 is 0 Å². The molecule has 0 radical (unpaired) electrons. The molecule has 2 rings (SSSR count). The molecular formula is C12H13ClFN3O. The molecule has 1 heterocycles. The van der Waals surface area contributed by atoms with Crippen LogP contribution in [0.1, 0.15) is 30.0 Å². The number of hydrogen-bond donors (Lipinski definition) is 1. The van der Waals surface area contributed by atoms with Gasteiger partial charge in [-0.15, -0.1) is 16.7 Å². The topological polar surface area (TPSA) is 51.0 Å². The summed E-state index contributed by atoms with van der Waals surface area (Å²) in [7, 11) is 0. The van der Waals surface area contributed by atoms with Crippen molar-refractivity contribution in [1.82, 2.24) is 10.2 Å². The third-order valence-electron chi connectivity index (χ3n) is 2.62. The lowest BCUT2D eigenvalue weighted by molar-refractivity contribution is 0.520. The summed E-state index contributed by atoms with van der Waals surface area (Å²) in [4.78, 5) is 0. The zero-order valence-electron chi connectivity index (χ0n) is 10.1. The highest BCUT2D eigenvalue weighted by molar-refractivity contribution is 6.16. The standard InChI is InChI=1S/C12H13ClFN3O/c1-7-3-4-9(5-10(7)14)8(2)15-12-17-16-11(6-13)18-12/h3-5,8H,6H2,1-2H3,(H,15,17). The number of halogens is 2. The van der Waals surface area contributed by atoms with E-state index in [1.165, 1.54) is 6.07 Å². The van der Waals surface area contributed by atoms with E-state index in [1.54, 1.807) is 13.0 Å². The number of nitrogens with one attached hydrogen (secondary N) is 1. The van der Waals surface area contributed by atoms with Gasteiger partial charge in [0.2, 0.25) is 5.89 Å². The van der Waals surface area contributed by atoms with Gasteiger partial charge in [-0.05, 0) is 31.0 Å². The van der Waals surface area contributed by atoms with Gasteiger partial charge in [0, 0.05) is 0 Å². The van der Waals surface area contributed by atoms with Crippen LogP contribution in [0.25, 0.3) is 0 Å². The Labute approximate surface area is 109 Å². The number of alkyl halides is 1. The predicted molar refractivity (Wildman–Crippen MR) is 67.0 cm³/mol. The molecule has 0 aliphatic carbocycles. The number of aromatic nitrogens is 2. The first kappa shape index (κ1) is 12.8. The number of nitrogens with zero attached hydrogens (tertiary/aromatic N) is 2. The van der Waals surface area contributed by atoms with E-state index in [0.29, 0.717) is 11.5 Å². The Morgan fingerprint density at radius 1 is 1.44 bits per heavy atom. The van der Waals surface area contributed by atoms with E-state index in [1.807, 2.05) is 13.0 Å². The Balaban J connectivity index is 2.11. The minimum absolute atomic E-state index is 0.135. The zero-order chi connectivity index (χ0) is 13.1. The van der Waals surface area contributed by atoms with E-state index in [9.17, 15) is 4.39 Å². The Bertz CT molecular complexity index is 544. The summed E-state index contributed by atoms with van der Waals surface area (Å²) in [6.45, 7) is 3.61. The summed E-state index contributed by atoms with van der Waals surface area (Å²) in [6, 6.07) is 5.23. The van der Waals surface area contributed by atoms with E-state index in [2.05, 4.69) is 15.5 Å². The molecule has 18 heavy (non-hydrogen) atoms. The van der Waals surface area contributed by atoms with Crippen LogP contribution in [0.4, 0.5) is 10.4 Å². The molecule has 1 atom stereocenters. The van der Waals surface area contributed by atoms with Crippen molar-refractivity contribution in [1.29, 1.82) is 0 Å². The fraction of sp³-hybridized carbons (Fsp3) is 0.333. The van der Waals surface area contributed by atoms with Gasteiger partial charge < -0.3 is 9.73 Å². The molecule has 0 fully saturated rings. The molecule has 0 spiro atoms. The van der Waals surface area contributed by atoms with Crippen molar-refractivity contribution in [3.05, 3.63) is 41.0 Å². The van der Waals surface area contributed by atoms with Crippen LogP contribution in [0.2, 0.25) is 0 Å². The van der Waals surface area contributed by atoms with Crippen LogP contribution in [0.5, 0.6) is 0 Å². The van der Waals surface area contributed by atoms with Gasteiger partial charge >= 0.3 is 6.01 Å². The molecule has 1 N–H and O–H groups in total. The minimum atomic E-state index is -0.229. The molecule has 0 aliphatic heterocycles. The largest absolute Gasteiger partial charge is 0.407 e. The Kier molecular flexibility index (Phi) is 3.81. The van der Waals surface area contributed by atoms with Gasteiger partial charge in [-0.3, -0.25) is 0 Å². The smallest absolute Gasteiger partial charge is 0.315 e. The first-order chi connectivity index (χ1) is 8.60. The fourth-order valence-corrected chi connectivity index (χ4v) is 1.62. The molecule has 6 heteroatoms. The summed E-state index contributed by atoms with van der Waals surface area (Å²) < 4.78 is 18.7. The number of rotatable bonds is 4. The van der Waals surface area contributed by atoms with Crippen LogP contribution in [0.15, 0.2) is 22.6 Å². The highest BCUT2D eigenvalue weighted by Gasteiger charge is 2.11. The lowest BCUT2D eigenvalue weighted by atomic mass is 10.1. The summed E-state index contributed by atoms with van der Waals surface area (Å²) in [5.41, 5.74) is 1.43. The van der Waals surface area contributed by atoms with Crippen molar-refractivity contribution in [2.45, 2.75) is 25.8 Å². The molecule has 1 aromatic carbocycles. The average molecular weight is 270 g/mol. The van der Waals surface area contributed by atoms with Gasteiger partial charge in [0.05, 0.1) is 6.04 Å². The van der Waals surface area contributed by atoms with Crippen LogP contribution in [-0.4, -0.2) is 10.2 Å². The third kappa shape index (κ3) is 2.79. The molecule has 0 aliphatic rings. The van der Waals surface area contributed by atoms with Crippen LogP contribution in [0, 0.1) is 12.7 Å². The van der Waals surface area contributed by atoms with Crippen molar-refractivity contribution in [3.63, 3.8) is 0 Å². The monoisotopic (exact) mass is 269 g/mol. The third-order valence-corrected chi connectivity index (χ3v) is 2.85. The summed E-state index contributed by atoms with van der Waals surface area (Å²) in [5.74, 6) is 0.289. The molecule has 1 unspecified atom stereocenters. The van der Waals surface area contributed by atoms with Crippen molar-refractivity contribution in [2.75, 3.05) is 5.32 Å². The second-order valence-electron chi connectivity index (χ2n) is 4.01.